The van der Waals surface area contributed by atoms with Crippen LogP contribution in [0.3, 0.4) is 0 Å². The minimum Gasteiger partial charge on any atom is -0.494 e. The van der Waals surface area contributed by atoms with Gasteiger partial charge < -0.3 is 57.5 Å². The third-order valence-electron chi connectivity index (χ3n) is 31.1. The van der Waals surface area contributed by atoms with Crippen molar-refractivity contribution < 1.29 is 43.3 Å². The highest BCUT2D eigenvalue weighted by atomic mass is 19.1. The van der Waals surface area contributed by atoms with Crippen molar-refractivity contribution in [2.24, 2.45) is 31.8 Å². The lowest BCUT2D eigenvalue weighted by molar-refractivity contribution is -0.123. The summed E-state index contributed by atoms with van der Waals surface area (Å²) in [5.74, 6) is 5.75. The number of ketones is 1. The fourth-order valence-electron chi connectivity index (χ4n) is 22.3. The van der Waals surface area contributed by atoms with E-state index in [9.17, 15) is 38.6 Å². The van der Waals surface area contributed by atoms with E-state index in [0.717, 1.165) is 230 Å². The largest absolute Gasteiger partial charge is 0.494 e. The van der Waals surface area contributed by atoms with Crippen molar-refractivity contribution in [1.29, 1.82) is 0 Å². The van der Waals surface area contributed by atoms with Crippen LogP contribution in [0.1, 0.15) is 195 Å². The number of hydrogen-bond donors (Lipinski definition) is 10. The van der Waals surface area contributed by atoms with E-state index in [1.165, 1.54) is 56.2 Å². The van der Waals surface area contributed by atoms with Gasteiger partial charge in [-0.25, -0.2) is 4.39 Å². The summed E-state index contributed by atoms with van der Waals surface area (Å²) < 4.78 is 27.6. The average molecular weight is 1950 g/mol. The zero-order valence-electron chi connectivity index (χ0n) is 85.4. The maximum atomic E-state index is 14.5. The number of fused-ring (bicyclic) bond motifs is 4. The Hall–Kier alpha value is -12.3. The third-order valence-corrected chi connectivity index (χ3v) is 31.1. The molecule has 0 unspecified atom stereocenters. The number of rotatable bonds is 31. The molecule has 4 amide bonds. The molecule has 12 aromatic rings. The number of Topliss-reactive ketones (excluding diaryl/α,β-unsaturated/α-hetero) is 1. The molecule has 760 valence electrons. The Morgan fingerprint density at radius 1 is 0.434 bits per heavy atom. The monoisotopic (exact) mass is 1950 g/mol. The molecule has 31 heteroatoms. The van der Waals surface area contributed by atoms with Gasteiger partial charge in [-0.05, 0) is 253 Å². The first kappa shape index (κ1) is 102. The minimum atomic E-state index is -1.45. The van der Waals surface area contributed by atoms with Crippen LogP contribution in [0.2, 0.25) is 0 Å². The van der Waals surface area contributed by atoms with E-state index in [1.54, 1.807) is 34.6 Å². The van der Waals surface area contributed by atoms with Crippen LogP contribution in [0.4, 0.5) is 27.7 Å². The Kier molecular flexibility index (Phi) is 32.4. The molecule has 10 N–H and O–H groups in total. The Balaban J connectivity index is 0.000000131. The van der Waals surface area contributed by atoms with E-state index in [-0.39, 0.29) is 79.9 Å². The van der Waals surface area contributed by atoms with Gasteiger partial charge in [0, 0.05) is 153 Å². The molecule has 0 bridgehead atoms. The van der Waals surface area contributed by atoms with Crippen LogP contribution in [-0.4, -0.2) is 242 Å². The van der Waals surface area contributed by atoms with E-state index in [4.69, 9.17) is 14.9 Å². The molecule has 10 heterocycles. The van der Waals surface area contributed by atoms with Crippen molar-refractivity contribution in [3.05, 3.63) is 220 Å². The number of alkyl halides is 1. The van der Waals surface area contributed by atoms with Gasteiger partial charge in [-0.2, -0.15) is 20.4 Å². The molecule has 6 aromatic carbocycles. The zero-order valence-corrected chi connectivity index (χ0v) is 85.4. The zero-order chi connectivity index (χ0) is 100. The molecule has 30 nitrogen and oxygen atoms in total. The number of hydrogen-bond acceptors (Lipinski definition) is 22. The molecular weight excluding hydrogens is 1800 g/mol. The standard InChI is InChI=1S/C29H39N5O.C28H37FN6O2.C28H35N5O2.C27H36N6O3/c1-20(2)23-10-12-25(13-11-23)33-18-24(19-33)31-28(35)16-30-29-26-15-21(3)9-14-27(26)34(32-29)17-22-7-5-4-6-8-22;1-18-5-6-20(14-30-18)28(37)11-9-22(10-12-28)35-16-21(17-35)32-25(36)15-31-26-23-13-19(27(2,3)29)7-8-24(23)34(4)33-26;1-19-8-13-26-25(14-19)28(31-33(26)16-21-6-4-3-5-7-21)29-15-27(35)30-23-17-32(18-23)24-11-9-22(10-12-24)20(2)34;1-4-36-22-7-8-24-23(13-22)26(31-32(24)3)29-15-25(34)30-20-16-33(17-20)21-9-11-27(35,12-10-21)19-6-5-18(2)28-14-19/h4-9,14-15,20,23-25H,10-13,16-19H2,1-3H3,(H,30,32)(H,31,35);5-8,13-14,21-22,37H,9-12,15-17H2,1-4H3,(H,31,33)(H,32,36);3-8,13-14,22-24H,9-12,15-18H2,1-2H3,(H,29,31)(H,30,35);5-8,13-14,20-21,35H,4,9-12,15-17H2,1-3H3,(H,29,31)(H,30,34). The van der Waals surface area contributed by atoms with E-state index in [1.807, 2.05) is 135 Å². The lowest BCUT2D eigenvalue weighted by Crippen LogP contribution is -2.63. The molecule has 6 aromatic heterocycles. The molecule has 0 atom stereocenters. The number of halogens is 1. The van der Waals surface area contributed by atoms with Crippen LogP contribution < -0.4 is 47.3 Å². The second kappa shape index (κ2) is 45.4. The number of carbonyl (C=O) groups is 5. The van der Waals surface area contributed by atoms with Gasteiger partial charge in [0.1, 0.15) is 17.2 Å². The van der Waals surface area contributed by atoms with Crippen LogP contribution in [0.5, 0.6) is 5.75 Å². The van der Waals surface area contributed by atoms with Crippen molar-refractivity contribution in [2.45, 2.75) is 250 Å². The van der Waals surface area contributed by atoms with Gasteiger partial charge in [-0.1, -0.05) is 116 Å². The first-order chi connectivity index (χ1) is 68.8. The molecule has 4 aliphatic heterocycles. The number of aromatic nitrogens is 10. The molecule has 0 radical (unpaired) electrons. The number of likely N-dealkylation sites (tertiary alicyclic amines) is 4. The third kappa shape index (κ3) is 25.4. The van der Waals surface area contributed by atoms with Crippen molar-refractivity contribution in [3.63, 3.8) is 0 Å². The SMILES string of the molecule is CC(=O)C1CCC(N2CC(NC(=O)CNc3nn(Cc4ccccc4)c4ccc(C)cc34)C2)CC1.CCOc1ccc2c(c1)c(NCC(=O)NC1CN(C3CCC(O)(c4ccc(C)nc4)CC3)C1)nn2C.Cc1ccc(C2(O)CCC(N3CC(NC(=O)CNc4nn(C)c5ccc(C(C)(C)F)cc45)C3)CC2)cn1.Cc1ccc2c(c1)c(NCC(=O)NC1CN(C3CCC(C(C)C)CC3)C1)nn2Cc1ccccc1. The van der Waals surface area contributed by atoms with Crippen LogP contribution >= 0.6 is 0 Å². The highest BCUT2D eigenvalue weighted by Crippen LogP contribution is 2.43. The number of aliphatic hydroxyl groups is 2. The van der Waals surface area contributed by atoms with Crippen LogP contribution in [0.25, 0.3) is 43.6 Å². The maximum absolute atomic E-state index is 14.5. The van der Waals surface area contributed by atoms with Crippen LogP contribution in [0.15, 0.2) is 170 Å². The molecule has 0 spiro atoms. The van der Waals surface area contributed by atoms with Gasteiger partial charge in [0.15, 0.2) is 23.3 Å². The number of aryl methyl sites for hydroxylation is 6. The normalized spacial score (nSPS) is 22.1. The Morgan fingerprint density at radius 2 is 0.783 bits per heavy atom. The molecule has 143 heavy (non-hydrogen) atoms. The summed E-state index contributed by atoms with van der Waals surface area (Å²) in [6.07, 6.45) is 19.8. The number of benzene rings is 6. The quantitative estimate of drug-likeness (QED) is 0.0193. The second-order valence-corrected chi connectivity index (χ2v) is 42.4. The van der Waals surface area contributed by atoms with E-state index < -0.39 is 16.9 Å². The molecule has 8 aliphatic rings. The number of nitrogens with zero attached hydrogens (tertiary/aromatic N) is 14. The second-order valence-electron chi connectivity index (χ2n) is 42.4. The lowest BCUT2D eigenvalue weighted by atomic mass is 9.77. The smallest absolute Gasteiger partial charge is 0.239 e. The number of anilines is 4. The fraction of sp³-hybridized carbons (Fsp3) is 0.509. The van der Waals surface area contributed by atoms with Crippen molar-refractivity contribution in [2.75, 3.05) is 106 Å². The van der Waals surface area contributed by atoms with Gasteiger partial charge >= 0.3 is 0 Å². The summed E-state index contributed by atoms with van der Waals surface area (Å²) >= 11 is 0. The highest BCUT2D eigenvalue weighted by Gasteiger charge is 2.44. The fourth-order valence-corrected chi connectivity index (χ4v) is 22.3. The average Bonchev–Trinajstić information content (AvgIpc) is 1.77. The first-order valence-electron chi connectivity index (χ1n) is 52.0. The van der Waals surface area contributed by atoms with E-state index in [0.29, 0.717) is 66.8 Å². The Morgan fingerprint density at radius 3 is 1.14 bits per heavy atom. The molecule has 8 fully saturated rings. The van der Waals surface area contributed by atoms with Gasteiger partial charge in [0.2, 0.25) is 23.6 Å². The van der Waals surface area contributed by atoms with Crippen LogP contribution in [0, 0.1) is 45.4 Å². The summed E-state index contributed by atoms with van der Waals surface area (Å²) in [7, 11) is 3.72. The molecule has 4 aliphatic carbocycles. The van der Waals surface area contributed by atoms with E-state index >= 15 is 0 Å². The van der Waals surface area contributed by atoms with Crippen LogP contribution in [-0.2, 0) is 68.0 Å². The van der Waals surface area contributed by atoms with Crippen molar-refractivity contribution in [1.82, 2.24) is 90.0 Å². The van der Waals surface area contributed by atoms with Crippen molar-refractivity contribution >= 4 is 96.3 Å². The predicted octanol–water partition coefficient (Wildman–Crippen LogP) is 14.8. The number of nitrogens with one attached hydrogen (secondary N) is 8. The highest BCUT2D eigenvalue weighted by molar-refractivity contribution is 5.96. The number of amides is 4. The lowest BCUT2D eigenvalue weighted by Gasteiger charge is -2.48. The van der Waals surface area contributed by atoms with E-state index in [2.05, 4.69) is 171 Å². The Labute approximate surface area is 839 Å². The summed E-state index contributed by atoms with van der Waals surface area (Å²) in [5, 5.41) is 70.2. The number of ether oxygens (including phenoxy) is 1. The summed E-state index contributed by atoms with van der Waals surface area (Å²) in [5.41, 5.74) is 10.0. The van der Waals surface area contributed by atoms with Gasteiger partial charge in [0.05, 0.1) is 103 Å². The first-order valence-corrected chi connectivity index (χ1v) is 52.0. The van der Waals surface area contributed by atoms with Crippen molar-refractivity contribution in [3.8, 4) is 5.75 Å². The molecule has 4 saturated carbocycles. The molecule has 4 saturated heterocycles. The minimum absolute atomic E-state index is 0.00616. The topological polar surface area (TPSA) is 341 Å². The predicted molar refractivity (Wildman–Crippen MR) is 562 cm³/mol. The summed E-state index contributed by atoms with van der Waals surface area (Å²) in [6.45, 7) is 29.3. The maximum Gasteiger partial charge on any atom is 0.239 e. The molecular formula is C112H147FN22O8. The number of carbonyl (C=O) groups excluding carboxylic acids is 5. The van der Waals surface area contributed by atoms with Gasteiger partial charge in [-0.3, -0.25) is 72.3 Å². The molecule has 20 rings (SSSR count). The Bertz CT molecular complexity index is 6340. The summed E-state index contributed by atoms with van der Waals surface area (Å²) in [6, 6.07) is 55.4. The van der Waals surface area contributed by atoms with Gasteiger partial charge in [-0.15, -0.1) is 0 Å². The number of pyridine rings is 2. The van der Waals surface area contributed by atoms with Gasteiger partial charge in [0.25, 0.3) is 0 Å². The summed E-state index contributed by atoms with van der Waals surface area (Å²) in [4.78, 5) is 80.7.